The van der Waals surface area contributed by atoms with E-state index in [1.807, 2.05) is 55.5 Å². The number of benzene rings is 2. The van der Waals surface area contributed by atoms with Gasteiger partial charge in [0.25, 0.3) is 0 Å². The van der Waals surface area contributed by atoms with Gasteiger partial charge in [0.2, 0.25) is 5.91 Å². The van der Waals surface area contributed by atoms with Crippen LogP contribution in [-0.2, 0) is 4.79 Å². The van der Waals surface area contributed by atoms with Gasteiger partial charge in [-0.25, -0.2) is 0 Å². The Hall–Kier alpha value is -2.86. The molecule has 1 fully saturated rings. The number of nitrogens with one attached hydrogen (secondary N) is 1. The summed E-state index contributed by atoms with van der Waals surface area (Å²) in [5.74, 6) is 0.733. The van der Waals surface area contributed by atoms with Crippen LogP contribution in [0, 0.1) is 0 Å². The standard InChI is InChI=1S/C22H27N3O3/c1-3-28-21-7-5-4-6-20(21)23-22(27)16-24-12-14-25(15-13-24)19-10-8-18(9-11-19)17(2)26/h4-11H,3,12-16H2,1-2H3,(H,23,27). The van der Waals surface area contributed by atoms with Crippen molar-refractivity contribution in [2.24, 2.45) is 0 Å². The van der Waals surface area contributed by atoms with Crippen molar-refractivity contribution >= 4 is 23.1 Å². The lowest BCUT2D eigenvalue weighted by molar-refractivity contribution is -0.117. The van der Waals surface area contributed by atoms with Crippen LogP contribution in [0.2, 0.25) is 0 Å². The maximum absolute atomic E-state index is 12.4. The van der Waals surface area contributed by atoms with Crippen molar-refractivity contribution < 1.29 is 14.3 Å². The summed E-state index contributed by atoms with van der Waals surface area (Å²) in [6, 6.07) is 15.2. The molecule has 2 aromatic carbocycles. The van der Waals surface area contributed by atoms with Gasteiger partial charge in [-0.2, -0.15) is 0 Å². The SMILES string of the molecule is CCOc1ccccc1NC(=O)CN1CCN(c2ccc(C(C)=O)cc2)CC1. The lowest BCUT2D eigenvalue weighted by atomic mass is 10.1. The molecular formula is C22H27N3O3. The summed E-state index contributed by atoms with van der Waals surface area (Å²) in [6.45, 7) is 7.74. The summed E-state index contributed by atoms with van der Waals surface area (Å²) in [5, 5.41) is 2.95. The van der Waals surface area contributed by atoms with Crippen LogP contribution >= 0.6 is 0 Å². The summed E-state index contributed by atoms with van der Waals surface area (Å²) in [5.41, 5.74) is 2.55. The Balaban J connectivity index is 1.50. The molecule has 2 aromatic rings. The minimum Gasteiger partial charge on any atom is -0.492 e. The molecule has 0 unspecified atom stereocenters. The van der Waals surface area contributed by atoms with Gasteiger partial charge < -0.3 is 15.0 Å². The predicted molar refractivity (Wildman–Crippen MR) is 111 cm³/mol. The second-order valence-corrected chi connectivity index (χ2v) is 6.84. The minimum absolute atomic E-state index is 0.0357. The van der Waals surface area contributed by atoms with Gasteiger partial charge in [-0.15, -0.1) is 0 Å². The molecule has 1 amide bonds. The van der Waals surface area contributed by atoms with Crippen molar-refractivity contribution in [2.45, 2.75) is 13.8 Å². The highest BCUT2D eigenvalue weighted by Gasteiger charge is 2.20. The highest BCUT2D eigenvalue weighted by Crippen LogP contribution is 2.23. The third-order valence-electron chi connectivity index (χ3n) is 4.84. The zero-order valence-electron chi connectivity index (χ0n) is 16.5. The number of rotatable bonds is 7. The van der Waals surface area contributed by atoms with Gasteiger partial charge in [-0.1, -0.05) is 12.1 Å². The Morgan fingerprint density at radius 2 is 1.68 bits per heavy atom. The number of ether oxygens (including phenoxy) is 1. The van der Waals surface area contributed by atoms with Crippen LogP contribution in [0.3, 0.4) is 0 Å². The number of Topliss-reactive ketones (excluding diaryl/α,β-unsaturated/α-hetero) is 1. The van der Waals surface area contributed by atoms with Crippen molar-refractivity contribution in [1.82, 2.24) is 4.90 Å². The molecule has 0 aromatic heterocycles. The first-order valence-electron chi connectivity index (χ1n) is 9.67. The molecule has 28 heavy (non-hydrogen) atoms. The Kier molecular flexibility index (Phi) is 6.66. The third kappa shape index (κ3) is 5.10. The number of hydrogen-bond acceptors (Lipinski definition) is 5. The molecule has 0 saturated carbocycles. The van der Waals surface area contributed by atoms with Crippen LogP contribution in [0.15, 0.2) is 48.5 Å². The highest BCUT2D eigenvalue weighted by atomic mass is 16.5. The van der Waals surface area contributed by atoms with E-state index in [1.54, 1.807) is 6.92 Å². The number of anilines is 2. The molecule has 6 heteroatoms. The van der Waals surface area contributed by atoms with Gasteiger partial charge in [0.05, 0.1) is 18.8 Å². The molecule has 0 spiro atoms. The molecule has 0 radical (unpaired) electrons. The van der Waals surface area contributed by atoms with E-state index in [9.17, 15) is 9.59 Å². The van der Waals surface area contributed by atoms with Crippen molar-refractivity contribution in [1.29, 1.82) is 0 Å². The van der Waals surface area contributed by atoms with Gasteiger partial charge in [0.15, 0.2) is 5.78 Å². The van der Waals surface area contributed by atoms with E-state index >= 15 is 0 Å². The summed E-state index contributed by atoms with van der Waals surface area (Å²) in [4.78, 5) is 28.3. The van der Waals surface area contributed by atoms with E-state index in [1.165, 1.54) is 0 Å². The van der Waals surface area contributed by atoms with E-state index in [0.717, 1.165) is 37.4 Å². The Morgan fingerprint density at radius 3 is 2.32 bits per heavy atom. The topological polar surface area (TPSA) is 61.9 Å². The van der Waals surface area contributed by atoms with E-state index < -0.39 is 0 Å². The summed E-state index contributed by atoms with van der Waals surface area (Å²) >= 11 is 0. The molecule has 6 nitrogen and oxygen atoms in total. The van der Waals surface area contributed by atoms with Crippen LogP contribution in [-0.4, -0.2) is 55.9 Å². The van der Waals surface area contributed by atoms with Crippen LogP contribution in [0.25, 0.3) is 0 Å². The fourth-order valence-electron chi connectivity index (χ4n) is 3.32. The van der Waals surface area contributed by atoms with E-state index in [-0.39, 0.29) is 11.7 Å². The molecule has 0 atom stereocenters. The number of ketones is 1. The molecule has 0 bridgehead atoms. The molecule has 1 heterocycles. The second-order valence-electron chi connectivity index (χ2n) is 6.84. The maximum atomic E-state index is 12.4. The molecular weight excluding hydrogens is 354 g/mol. The lowest BCUT2D eigenvalue weighted by Crippen LogP contribution is -2.48. The summed E-state index contributed by atoms with van der Waals surface area (Å²) < 4.78 is 5.56. The predicted octanol–water partition coefficient (Wildman–Crippen LogP) is 3.05. The number of carbonyl (C=O) groups excluding carboxylic acids is 2. The number of piperazine rings is 1. The molecule has 148 valence electrons. The first-order chi connectivity index (χ1) is 13.6. The van der Waals surface area contributed by atoms with Crippen LogP contribution < -0.4 is 15.0 Å². The number of nitrogens with zero attached hydrogens (tertiary/aromatic N) is 2. The third-order valence-corrected chi connectivity index (χ3v) is 4.84. The lowest BCUT2D eigenvalue weighted by Gasteiger charge is -2.35. The maximum Gasteiger partial charge on any atom is 0.238 e. The van der Waals surface area contributed by atoms with Crippen LogP contribution in [0.1, 0.15) is 24.2 Å². The first kappa shape index (κ1) is 19.9. The Bertz CT molecular complexity index is 812. The van der Waals surface area contributed by atoms with E-state index in [0.29, 0.717) is 24.6 Å². The zero-order valence-corrected chi connectivity index (χ0v) is 16.5. The second kappa shape index (κ2) is 9.37. The smallest absolute Gasteiger partial charge is 0.238 e. The van der Waals surface area contributed by atoms with Crippen LogP contribution in [0.5, 0.6) is 5.75 Å². The molecule has 1 aliphatic rings. The van der Waals surface area contributed by atoms with E-state index in [2.05, 4.69) is 15.1 Å². The molecule has 3 rings (SSSR count). The fourth-order valence-corrected chi connectivity index (χ4v) is 3.32. The number of carbonyl (C=O) groups is 2. The number of hydrogen-bond donors (Lipinski definition) is 1. The first-order valence-corrected chi connectivity index (χ1v) is 9.67. The van der Waals surface area contributed by atoms with Crippen LogP contribution in [0.4, 0.5) is 11.4 Å². The van der Waals surface area contributed by atoms with Crippen molar-refractivity contribution in [2.75, 3.05) is 49.5 Å². The van der Waals surface area contributed by atoms with Gasteiger partial charge in [0, 0.05) is 37.4 Å². The zero-order chi connectivity index (χ0) is 19.9. The quantitative estimate of drug-likeness (QED) is 0.747. The van der Waals surface area contributed by atoms with Gasteiger partial charge in [0.1, 0.15) is 5.75 Å². The molecule has 0 aliphatic carbocycles. The normalized spacial score (nSPS) is 14.6. The largest absolute Gasteiger partial charge is 0.492 e. The Labute approximate surface area is 166 Å². The fraction of sp³-hybridized carbons (Fsp3) is 0.364. The average molecular weight is 381 g/mol. The molecule has 1 saturated heterocycles. The average Bonchev–Trinajstić information content (AvgIpc) is 2.70. The van der Waals surface area contributed by atoms with Gasteiger partial charge in [-0.3, -0.25) is 14.5 Å². The summed E-state index contributed by atoms with van der Waals surface area (Å²) in [6.07, 6.45) is 0. The Morgan fingerprint density at radius 1 is 1.00 bits per heavy atom. The van der Waals surface area contributed by atoms with Crippen molar-refractivity contribution in [3.63, 3.8) is 0 Å². The number of para-hydroxylation sites is 2. The van der Waals surface area contributed by atoms with Gasteiger partial charge in [-0.05, 0) is 50.2 Å². The number of amides is 1. The highest BCUT2D eigenvalue weighted by molar-refractivity contribution is 5.94. The summed E-state index contributed by atoms with van der Waals surface area (Å²) in [7, 11) is 0. The minimum atomic E-state index is -0.0357. The monoisotopic (exact) mass is 381 g/mol. The van der Waals surface area contributed by atoms with Gasteiger partial charge >= 0.3 is 0 Å². The van der Waals surface area contributed by atoms with Crippen molar-refractivity contribution in [3.05, 3.63) is 54.1 Å². The van der Waals surface area contributed by atoms with Crippen molar-refractivity contribution in [3.8, 4) is 5.75 Å². The molecule has 1 N–H and O–H groups in total. The van der Waals surface area contributed by atoms with E-state index in [4.69, 9.17) is 4.74 Å². The molecule has 1 aliphatic heterocycles.